The molecule has 0 amide bonds. The van der Waals surface area contributed by atoms with E-state index in [4.69, 9.17) is 5.73 Å². The minimum atomic E-state index is 0.747. The fraction of sp³-hybridized carbons (Fsp3) is 0.526. The first kappa shape index (κ1) is 18.4. The predicted molar refractivity (Wildman–Crippen MR) is 106 cm³/mol. The first-order chi connectivity index (χ1) is 12.7. The van der Waals surface area contributed by atoms with E-state index in [0.717, 1.165) is 60.0 Å². The molecule has 0 bridgehead atoms. The van der Waals surface area contributed by atoms with E-state index >= 15 is 0 Å². The zero-order valence-corrected chi connectivity index (χ0v) is 15.7. The SMILES string of the molecule is CCC(CCCCN)CCNc1cc(-n2cnnc2C)cc2[nH]ncc12. The van der Waals surface area contributed by atoms with E-state index in [0.29, 0.717) is 0 Å². The number of hydrogen-bond donors (Lipinski definition) is 3. The molecule has 1 aromatic carbocycles. The van der Waals surface area contributed by atoms with Crippen LogP contribution in [0.5, 0.6) is 0 Å². The molecule has 0 aliphatic carbocycles. The van der Waals surface area contributed by atoms with Crippen LogP contribution in [0, 0.1) is 12.8 Å². The van der Waals surface area contributed by atoms with Crippen molar-refractivity contribution in [2.75, 3.05) is 18.4 Å². The van der Waals surface area contributed by atoms with E-state index in [1.165, 1.54) is 19.3 Å². The molecule has 2 aromatic heterocycles. The number of aromatic amines is 1. The van der Waals surface area contributed by atoms with Gasteiger partial charge in [-0.3, -0.25) is 9.67 Å². The lowest BCUT2D eigenvalue weighted by molar-refractivity contribution is 0.429. The maximum atomic E-state index is 5.61. The molecule has 7 heteroatoms. The van der Waals surface area contributed by atoms with Gasteiger partial charge in [0.25, 0.3) is 0 Å². The number of nitrogens with one attached hydrogen (secondary N) is 2. The Morgan fingerprint density at radius 3 is 2.88 bits per heavy atom. The third-order valence-corrected chi connectivity index (χ3v) is 5.05. The number of rotatable bonds is 10. The summed E-state index contributed by atoms with van der Waals surface area (Å²) in [6.07, 6.45) is 9.60. The van der Waals surface area contributed by atoms with E-state index in [-0.39, 0.29) is 0 Å². The number of fused-ring (bicyclic) bond motifs is 1. The van der Waals surface area contributed by atoms with Crippen LogP contribution in [0.1, 0.15) is 44.9 Å². The predicted octanol–water partition coefficient (Wildman–Crippen LogP) is 3.41. The Balaban J connectivity index is 1.71. The minimum absolute atomic E-state index is 0.747. The molecule has 140 valence electrons. The number of nitrogens with two attached hydrogens (primary N) is 1. The zero-order chi connectivity index (χ0) is 18.4. The molecule has 26 heavy (non-hydrogen) atoms. The molecule has 0 aliphatic rings. The third-order valence-electron chi connectivity index (χ3n) is 5.05. The average molecular weight is 355 g/mol. The Labute approximate surface area is 154 Å². The molecular weight excluding hydrogens is 326 g/mol. The second-order valence-electron chi connectivity index (χ2n) is 6.85. The molecular formula is C19H29N7. The summed E-state index contributed by atoms with van der Waals surface area (Å²) in [5.74, 6) is 1.61. The van der Waals surface area contributed by atoms with Gasteiger partial charge in [-0.1, -0.05) is 26.2 Å². The summed E-state index contributed by atoms with van der Waals surface area (Å²) in [5.41, 5.74) is 8.74. The summed E-state index contributed by atoms with van der Waals surface area (Å²) in [4.78, 5) is 0. The van der Waals surface area contributed by atoms with Crippen LogP contribution in [-0.4, -0.2) is 38.1 Å². The van der Waals surface area contributed by atoms with E-state index in [2.05, 4.69) is 44.8 Å². The first-order valence-corrected chi connectivity index (χ1v) is 9.51. The summed E-state index contributed by atoms with van der Waals surface area (Å²) in [6, 6.07) is 4.22. The number of aromatic nitrogens is 5. The van der Waals surface area contributed by atoms with Crippen molar-refractivity contribution in [3.05, 3.63) is 30.5 Å². The molecule has 0 saturated heterocycles. The summed E-state index contributed by atoms with van der Waals surface area (Å²) < 4.78 is 1.98. The van der Waals surface area contributed by atoms with Crippen molar-refractivity contribution in [1.82, 2.24) is 25.0 Å². The Kier molecular flexibility index (Phi) is 6.22. The number of H-pyrrole nitrogens is 1. The molecule has 0 spiro atoms. The van der Waals surface area contributed by atoms with Crippen LogP contribution in [0.25, 0.3) is 16.6 Å². The second kappa shape index (κ2) is 8.80. The van der Waals surface area contributed by atoms with Crippen LogP contribution >= 0.6 is 0 Å². The Morgan fingerprint density at radius 2 is 2.15 bits per heavy atom. The van der Waals surface area contributed by atoms with Crippen molar-refractivity contribution in [2.24, 2.45) is 11.7 Å². The summed E-state index contributed by atoms with van der Waals surface area (Å²) >= 11 is 0. The molecule has 0 saturated carbocycles. The van der Waals surface area contributed by atoms with Gasteiger partial charge in [-0.25, -0.2) is 0 Å². The van der Waals surface area contributed by atoms with Crippen molar-refractivity contribution in [2.45, 2.75) is 46.0 Å². The highest BCUT2D eigenvalue weighted by Gasteiger charge is 2.11. The highest BCUT2D eigenvalue weighted by Crippen LogP contribution is 2.27. The molecule has 2 heterocycles. The van der Waals surface area contributed by atoms with Gasteiger partial charge in [0.2, 0.25) is 0 Å². The molecule has 0 fully saturated rings. The number of aryl methyl sites for hydroxylation is 1. The molecule has 1 unspecified atom stereocenters. The molecule has 0 aliphatic heterocycles. The molecule has 3 aromatic rings. The lowest BCUT2D eigenvalue weighted by Gasteiger charge is -2.16. The smallest absolute Gasteiger partial charge is 0.134 e. The van der Waals surface area contributed by atoms with Gasteiger partial charge in [-0.05, 0) is 44.4 Å². The van der Waals surface area contributed by atoms with Crippen LogP contribution < -0.4 is 11.1 Å². The first-order valence-electron chi connectivity index (χ1n) is 9.51. The summed E-state index contributed by atoms with van der Waals surface area (Å²) in [5, 5.41) is 20.1. The lowest BCUT2D eigenvalue weighted by atomic mass is 9.95. The maximum Gasteiger partial charge on any atom is 0.134 e. The van der Waals surface area contributed by atoms with Gasteiger partial charge in [0.05, 0.1) is 17.4 Å². The summed E-state index contributed by atoms with van der Waals surface area (Å²) in [6.45, 7) is 5.97. The Hall–Kier alpha value is -2.41. The quantitative estimate of drug-likeness (QED) is 0.484. The number of nitrogens with zero attached hydrogens (tertiary/aromatic N) is 4. The van der Waals surface area contributed by atoms with Crippen LogP contribution in [0.15, 0.2) is 24.7 Å². The van der Waals surface area contributed by atoms with Gasteiger partial charge in [-0.15, -0.1) is 10.2 Å². The Bertz CT molecular complexity index is 820. The largest absolute Gasteiger partial charge is 0.384 e. The molecule has 0 radical (unpaired) electrons. The second-order valence-corrected chi connectivity index (χ2v) is 6.85. The highest BCUT2D eigenvalue weighted by molar-refractivity contribution is 5.93. The Morgan fingerprint density at radius 1 is 1.27 bits per heavy atom. The van der Waals surface area contributed by atoms with Crippen molar-refractivity contribution >= 4 is 16.6 Å². The number of anilines is 1. The van der Waals surface area contributed by atoms with Crippen molar-refractivity contribution in [1.29, 1.82) is 0 Å². The van der Waals surface area contributed by atoms with Crippen LogP contribution in [0.4, 0.5) is 5.69 Å². The molecule has 1 atom stereocenters. The standard InChI is InChI=1S/C19H29N7/c1-3-15(6-4-5-8-20)7-9-21-18-10-16(26-13-23-24-14(26)2)11-19-17(18)12-22-25-19/h10-13,15,21H,3-9,20H2,1-2H3,(H,22,25). The van der Waals surface area contributed by atoms with Crippen LogP contribution in [0.2, 0.25) is 0 Å². The normalized spacial score (nSPS) is 12.6. The van der Waals surface area contributed by atoms with Gasteiger partial charge >= 0.3 is 0 Å². The van der Waals surface area contributed by atoms with Gasteiger partial charge in [-0.2, -0.15) is 5.10 Å². The monoisotopic (exact) mass is 355 g/mol. The van der Waals surface area contributed by atoms with E-state index in [9.17, 15) is 0 Å². The lowest BCUT2D eigenvalue weighted by Crippen LogP contribution is -2.10. The van der Waals surface area contributed by atoms with Gasteiger partial charge in [0.15, 0.2) is 0 Å². The van der Waals surface area contributed by atoms with Crippen molar-refractivity contribution < 1.29 is 0 Å². The van der Waals surface area contributed by atoms with E-state index in [1.54, 1.807) is 6.33 Å². The van der Waals surface area contributed by atoms with Crippen LogP contribution in [-0.2, 0) is 0 Å². The minimum Gasteiger partial charge on any atom is -0.384 e. The fourth-order valence-corrected chi connectivity index (χ4v) is 3.41. The van der Waals surface area contributed by atoms with Crippen LogP contribution in [0.3, 0.4) is 0 Å². The molecule has 7 nitrogen and oxygen atoms in total. The fourth-order valence-electron chi connectivity index (χ4n) is 3.41. The van der Waals surface area contributed by atoms with Gasteiger partial charge < -0.3 is 11.1 Å². The average Bonchev–Trinajstić information content (AvgIpc) is 3.28. The summed E-state index contributed by atoms with van der Waals surface area (Å²) in [7, 11) is 0. The maximum absolute atomic E-state index is 5.61. The topological polar surface area (TPSA) is 97.4 Å². The highest BCUT2D eigenvalue weighted by atomic mass is 15.3. The third kappa shape index (κ3) is 4.22. The zero-order valence-electron chi connectivity index (χ0n) is 15.7. The van der Waals surface area contributed by atoms with E-state index in [1.807, 2.05) is 17.7 Å². The number of unbranched alkanes of at least 4 members (excludes halogenated alkanes) is 1. The van der Waals surface area contributed by atoms with Gasteiger partial charge in [0, 0.05) is 17.6 Å². The van der Waals surface area contributed by atoms with Gasteiger partial charge in [0.1, 0.15) is 12.2 Å². The number of benzene rings is 1. The van der Waals surface area contributed by atoms with Crippen molar-refractivity contribution in [3.63, 3.8) is 0 Å². The molecule has 4 N–H and O–H groups in total. The van der Waals surface area contributed by atoms with E-state index < -0.39 is 0 Å². The number of hydrogen-bond acceptors (Lipinski definition) is 5. The van der Waals surface area contributed by atoms with Crippen molar-refractivity contribution in [3.8, 4) is 5.69 Å². The molecule has 3 rings (SSSR count).